The largest absolute Gasteiger partial charge is 0.460 e. The molecule has 0 N–H and O–H groups in total. The molecule has 98 valence electrons. The zero-order valence-electron chi connectivity index (χ0n) is 9.77. The normalized spacial score (nSPS) is 11.1. The fraction of sp³-hybridized carbons (Fsp3) is 0.273. The van der Waals surface area contributed by atoms with E-state index in [1.165, 1.54) is 12.1 Å². The van der Waals surface area contributed by atoms with Crippen molar-refractivity contribution in [3.63, 3.8) is 0 Å². The number of Topliss-reactive ketones (excluding diaryl/α,β-unsaturated/α-hetero) is 1. The predicted octanol–water partition coefficient (Wildman–Crippen LogP) is 1.49. The molecule has 18 heavy (non-hydrogen) atoms. The molecule has 1 aromatic carbocycles. The smallest absolute Gasteiger partial charge is 0.379 e. The van der Waals surface area contributed by atoms with Gasteiger partial charge in [-0.3, -0.25) is 4.79 Å². The number of carbonyl (C=O) groups is 2. The number of rotatable bonds is 4. The van der Waals surface area contributed by atoms with Crippen LogP contribution in [0, 0.1) is 0 Å². The highest BCUT2D eigenvalue weighted by Crippen LogP contribution is 2.21. The van der Waals surface area contributed by atoms with E-state index in [1.54, 1.807) is 6.92 Å². The third-order valence-electron chi connectivity index (χ3n) is 2.05. The molecule has 0 radical (unpaired) electrons. The quantitative estimate of drug-likeness (QED) is 0.477. The van der Waals surface area contributed by atoms with Crippen molar-refractivity contribution >= 4 is 33.2 Å². The second-order valence-electron chi connectivity index (χ2n) is 3.46. The van der Waals surface area contributed by atoms with E-state index in [-0.39, 0.29) is 22.1 Å². The average molecular weight is 291 g/mol. The maximum absolute atomic E-state index is 11.8. The van der Waals surface area contributed by atoms with Gasteiger partial charge in [-0.2, -0.15) is 0 Å². The average Bonchev–Trinajstić information content (AvgIpc) is 2.26. The van der Waals surface area contributed by atoms with Crippen LogP contribution in [-0.4, -0.2) is 33.0 Å². The van der Waals surface area contributed by atoms with Gasteiger partial charge in [0.2, 0.25) is 0 Å². The molecule has 0 aliphatic rings. The second kappa shape index (κ2) is 5.49. The molecule has 1 rings (SSSR count). The van der Waals surface area contributed by atoms with Crippen LogP contribution in [0.4, 0.5) is 0 Å². The Balaban J connectivity index is 3.35. The lowest BCUT2D eigenvalue weighted by atomic mass is 10.1. The summed E-state index contributed by atoms with van der Waals surface area (Å²) in [6.07, 6.45) is 0.943. The molecular formula is C11H11ClO5S. The molecule has 0 unspecified atom stereocenters. The van der Waals surface area contributed by atoms with Crippen LogP contribution in [0.25, 0.3) is 0 Å². The van der Waals surface area contributed by atoms with Crippen LogP contribution in [-0.2, 0) is 19.4 Å². The van der Waals surface area contributed by atoms with Crippen molar-refractivity contribution in [3.8, 4) is 0 Å². The van der Waals surface area contributed by atoms with E-state index in [2.05, 4.69) is 4.74 Å². The molecule has 5 nitrogen and oxygen atoms in total. The summed E-state index contributed by atoms with van der Waals surface area (Å²) >= 11 is 5.69. The van der Waals surface area contributed by atoms with Gasteiger partial charge in [0.1, 0.15) is 0 Å². The fourth-order valence-corrected chi connectivity index (χ4v) is 2.35. The van der Waals surface area contributed by atoms with Crippen molar-refractivity contribution in [3.05, 3.63) is 28.8 Å². The van der Waals surface area contributed by atoms with Gasteiger partial charge in [-0.25, -0.2) is 13.2 Å². The first-order chi connectivity index (χ1) is 8.27. The van der Waals surface area contributed by atoms with Gasteiger partial charge in [-0.05, 0) is 25.1 Å². The lowest BCUT2D eigenvalue weighted by molar-refractivity contribution is -0.137. The van der Waals surface area contributed by atoms with Crippen molar-refractivity contribution in [2.45, 2.75) is 11.8 Å². The van der Waals surface area contributed by atoms with Crippen LogP contribution in [0.2, 0.25) is 5.02 Å². The molecular weight excluding hydrogens is 280 g/mol. The van der Waals surface area contributed by atoms with E-state index < -0.39 is 21.6 Å². The Labute approximate surface area is 110 Å². The molecule has 7 heteroatoms. The number of ether oxygens (including phenoxy) is 1. The van der Waals surface area contributed by atoms with E-state index in [0.29, 0.717) is 0 Å². The molecule has 0 amide bonds. The van der Waals surface area contributed by atoms with Crippen molar-refractivity contribution in [2.24, 2.45) is 0 Å². The minimum atomic E-state index is -3.63. The Morgan fingerprint density at radius 2 is 1.94 bits per heavy atom. The van der Waals surface area contributed by atoms with Gasteiger partial charge in [-0.1, -0.05) is 11.6 Å². The molecule has 0 fully saturated rings. The zero-order chi connectivity index (χ0) is 13.9. The lowest BCUT2D eigenvalue weighted by Gasteiger charge is -2.07. The van der Waals surface area contributed by atoms with Crippen molar-refractivity contribution < 1.29 is 22.7 Å². The number of carbonyl (C=O) groups excluding carboxylic acids is 2. The van der Waals surface area contributed by atoms with Crippen molar-refractivity contribution in [2.75, 3.05) is 12.9 Å². The van der Waals surface area contributed by atoms with E-state index in [9.17, 15) is 18.0 Å². The summed E-state index contributed by atoms with van der Waals surface area (Å²) in [5.74, 6) is -2.13. The Morgan fingerprint density at radius 3 is 2.44 bits per heavy atom. The van der Waals surface area contributed by atoms with Crippen LogP contribution in [0.15, 0.2) is 23.1 Å². The first kappa shape index (κ1) is 14.7. The summed E-state index contributed by atoms with van der Waals surface area (Å²) in [7, 11) is -3.63. The lowest BCUT2D eigenvalue weighted by Crippen LogP contribution is -2.20. The predicted molar refractivity (Wildman–Crippen MR) is 65.5 cm³/mol. The number of benzene rings is 1. The molecule has 0 aliphatic heterocycles. The summed E-state index contributed by atoms with van der Waals surface area (Å²) < 4.78 is 27.5. The summed E-state index contributed by atoms with van der Waals surface area (Å²) in [5, 5.41) is 0.162. The maximum atomic E-state index is 11.8. The van der Waals surface area contributed by atoms with Crippen LogP contribution >= 0.6 is 11.6 Å². The van der Waals surface area contributed by atoms with Crippen LogP contribution in [0.1, 0.15) is 17.3 Å². The van der Waals surface area contributed by atoms with Gasteiger partial charge in [0.05, 0.1) is 11.5 Å². The zero-order valence-corrected chi connectivity index (χ0v) is 11.3. The molecule has 0 spiro atoms. The van der Waals surface area contributed by atoms with E-state index in [1.807, 2.05) is 0 Å². The number of ketones is 1. The Hall–Kier alpha value is -1.40. The summed E-state index contributed by atoms with van der Waals surface area (Å²) in [6.45, 7) is 1.57. The van der Waals surface area contributed by atoms with Gasteiger partial charge in [0.15, 0.2) is 9.84 Å². The topological polar surface area (TPSA) is 77.5 Å². The molecule has 0 saturated carbocycles. The fourth-order valence-electron chi connectivity index (χ4n) is 1.31. The van der Waals surface area contributed by atoms with Gasteiger partial charge < -0.3 is 4.74 Å². The highest BCUT2D eigenvalue weighted by atomic mass is 35.5. The number of esters is 1. The Bertz CT molecular complexity index is 591. The highest BCUT2D eigenvalue weighted by molar-refractivity contribution is 7.90. The van der Waals surface area contributed by atoms with Crippen LogP contribution in [0.5, 0.6) is 0 Å². The summed E-state index contributed by atoms with van der Waals surface area (Å²) in [4.78, 5) is 22.8. The van der Waals surface area contributed by atoms with Gasteiger partial charge in [0, 0.05) is 16.8 Å². The minimum Gasteiger partial charge on any atom is -0.460 e. The summed E-state index contributed by atoms with van der Waals surface area (Å²) in [6, 6.07) is 3.65. The van der Waals surface area contributed by atoms with E-state index in [0.717, 1.165) is 12.3 Å². The highest BCUT2D eigenvalue weighted by Gasteiger charge is 2.25. The van der Waals surface area contributed by atoms with Crippen LogP contribution in [0.3, 0.4) is 0 Å². The van der Waals surface area contributed by atoms with E-state index in [4.69, 9.17) is 11.6 Å². The molecule has 0 bridgehead atoms. The molecule has 0 aromatic heterocycles. The van der Waals surface area contributed by atoms with E-state index >= 15 is 0 Å². The van der Waals surface area contributed by atoms with Crippen LogP contribution < -0.4 is 0 Å². The van der Waals surface area contributed by atoms with Crippen molar-refractivity contribution in [1.29, 1.82) is 0 Å². The van der Waals surface area contributed by atoms with Gasteiger partial charge in [0.25, 0.3) is 5.78 Å². The number of hydrogen-bond acceptors (Lipinski definition) is 5. The Kier molecular flexibility index (Phi) is 4.48. The summed E-state index contributed by atoms with van der Waals surface area (Å²) in [5.41, 5.74) is -0.275. The van der Waals surface area contributed by atoms with Crippen molar-refractivity contribution in [1.82, 2.24) is 0 Å². The van der Waals surface area contributed by atoms with Gasteiger partial charge >= 0.3 is 5.97 Å². The molecule has 0 heterocycles. The number of sulfone groups is 1. The second-order valence-corrected chi connectivity index (χ2v) is 5.88. The standard InChI is InChI=1S/C11H11ClO5S/c1-3-17-11(14)10(13)8-6-7(12)4-5-9(8)18(2,15)16/h4-6H,3H2,1-2H3. The minimum absolute atomic E-state index is 0.0271. The number of hydrogen-bond donors (Lipinski definition) is 0. The first-order valence-electron chi connectivity index (χ1n) is 4.98. The first-order valence-corrected chi connectivity index (χ1v) is 7.25. The molecule has 0 aliphatic carbocycles. The third-order valence-corrected chi connectivity index (χ3v) is 3.44. The monoisotopic (exact) mass is 290 g/mol. The molecule has 1 aromatic rings. The third kappa shape index (κ3) is 3.30. The Morgan fingerprint density at radius 1 is 1.33 bits per heavy atom. The van der Waals surface area contributed by atoms with Gasteiger partial charge in [-0.15, -0.1) is 0 Å². The SMILES string of the molecule is CCOC(=O)C(=O)c1cc(Cl)ccc1S(C)(=O)=O. The molecule has 0 atom stereocenters. The number of halogens is 1. The maximum Gasteiger partial charge on any atom is 0.379 e. The molecule has 0 saturated heterocycles.